The molecule has 0 aliphatic rings. The summed E-state index contributed by atoms with van der Waals surface area (Å²) in [6.07, 6.45) is 0. The van der Waals surface area contributed by atoms with Crippen LogP contribution in [0.15, 0.2) is 77.7 Å². The normalized spacial score (nSPS) is 11.1. The van der Waals surface area contributed by atoms with Crippen LogP contribution in [0.4, 0.5) is 10.1 Å². The Bertz CT molecular complexity index is 1180. The number of nitrogens with zero attached hydrogens (tertiary/aromatic N) is 2. The average molecular weight is 443 g/mol. The van der Waals surface area contributed by atoms with E-state index in [-0.39, 0.29) is 23.2 Å². The first kappa shape index (κ1) is 22.3. The Morgan fingerprint density at radius 2 is 1.65 bits per heavy atom. The van der Waals surface area contributed by atoms with Gasteiger partial charge in [0.05, 0.1) is 17.7 Å². The van der Waals surface area contributed by atoms with Crippen molar-refractivity contribution in [3.05, 3.63) is 89.7 Å². The van der Waals surface area contributed by atoms with Gasteiger partial charge in [0.25, 0.3) is 15.9 Å². The highest BCUT2D eigenvalue weighted by Gasteiger charge is 2.24. The van der Waals surface area contributed by atoms with Gasteiger partial charge < -0.3 is 9.64 Å². The van der Waals surface area contributed by atoms with E-state index in [0.29, 0.717) is 22.6 Å². The van der Waals surface area contributed by atoms with Gasteiger partial charge in [0.2, 0.25) is 0 Å². The van der Waals surface area contributed by atoms with Gasteiger partial charge in [-0.25, -0.2) is 12.8 Å². The molecular formula is C23H23FN2O4S. The number of sulfonamides is 1. The molecule has 0 bridgehead atoms. The van der Waals surface area contributed by atoms with Crippen LogP contribution in [0.2, 0.25) is 0 Å². The predicted molar refractivity (Wildman–Crippen MR) is 117 cm³/mol. The molecule has 0 radical (unpaired) electrons. The molecule has 1 amide bonds. The van der Waals surface area contributed by atoms with Crippen LogP contribution in [0, 0.1) is 5.82 Å². The number of hydrogen-bond acceptors (Lipinski definition) is 4. The van der Waals surface area contributed by atoms with Crippen molar-refractivity contribution in [3.63, 3.8) is 0 Å². The van der Waals surface area contributed by atoms with Crippen molar-refractivity contribution in [1.82, 2.24) is 4.90 Å². The number of para-hydroxylation sites is 2. The van der Waals surface area contributed by atoms with Crippen molar-refractivity contribution >= 4 is 21.6 Å². The van der Waals surface area contributed by atoms with Gasteiger partial charge in [-0.3, -0.25) is 9.10 Å². The van der Waals surface area contributed by atoms with E-state index in [0.717, 1.165) is 4.31 Å². The van der Waals surface area contributed by atoms with E-state index < -0.39 is 10.0 Å². The molecule has 3 aromatic carbocycles. The number of anilines is 1. The van der Waals surface area contributed by atoms with E-state index in [2.05, 4.69) is 0 Å². The highest BCUT2D eigenvalue weighted by Crippen LogP contribution is 2.30. The Balaban J connectivity index is 1.79. The molecule has 0 spiro atoms. The molecule has 0 aliphatic heterocycles. The minimum atomic E-state index is -3.85. The average Bonchev–Trinajstić information content (AvgIpc) is 2.78. The zero-order chi connectivity index (χ0) is 22.6. The molecule has 0 saturated carbocycles. The summed E-state index contributed by atoms with van der Waals surface area (Å²) in [5.74, 6) is -0.238. The van der Waals surface area contributed by atoms with E-state index in [1.54, 1.807) is 43.4 Å². The first-order valence-electron chi connectivity index (χ1n) is 9.46. The number of hydrogen-bond donors (Lipinski definition) is 0. The number of rotatable bonds is 7. The lowest BCUT2D eigenvalue weighted by atomic mass is 10.1. The molecule has 0 atom stereocenters. The lowest BCUT2D eigenvalue weighted by Crippen LogP contribution is -2.28. The second kappa shape index (κ2) is 9.18. The molecule has 6 nitrogen and oxygen atoms in total. The molecule has 0 unspecified atom stereocenters. The topological polar surface area (TPSA) is 66.9 Å². The predicted octanol–water partition coefficient (Wildman–Crippen LogP) is 3.93. The number of amides is 1. The molecule has 3 rings (SSSR count). The van der Waals surface area contributed by atoms with Crippen LogP contribution < -0.4 is 9.04 Å². The van der Waals surface area contributed by atoms with Gasteiger partial charge >= 0.3 is 0 Å². The van der Waals surface area contributed by atoms with Crippen LogP contribution in [0.5, 0.6) is 5.75 Å². The van der Waals surface area contributed by atoms with E-state index >= 15 is 0 Å². The van der Waals surface area contributed by atoms with Crippen molar-refractivity contribution in [2.24, 2.45) is 0 Å². The summed E-state index contributed by atoms with van der Waals surface area (Å²) in [5, 5.41) is 0. The van der Waals surface area contributed by atoms with Crippen molar-refractivity contribution in [2.45, 2.75) is 11.4 Å². The first-order chi connectivity index (χ1) is 14.7. The van der Waals surface area contributed by atoms with Crippen LogP contribution in [0.3, 0.4) is 0 Å². The van der Waals surface area contributed by atoms with E-state index in [1.807, 2.05) is 0 Å². The Labute approximate surface area is 181 Å². The monoisotopic (exact) mass is 442 g/mol. The summed E-state index contributed by atoms with van der Waals surface area (Å²) < 4.78 is 45.8. The van der Waals surface area contributed by atoms with Crippen molar-refractivity contribution in [2.75, 3.05) is 25.5 Å². The molecule has 0 aromatic heterocycles. The lowest BCUT2D eigenvalue weighted by molar-refractivity contribution is 0.0785. The molecule has 3 aromatic rings. The van der Waals surface area contributed by atoms with Gasteiger partial charge in [0.1, 0.15) is 11.6 Å². The standard InChI is InChI=1S/C23H23FN2O4S/c1-25(16-17-7-6-8-19(24)15-17)23(27)18-11-13-20(14-12-18)31(28,29)26(2)21-9-4-5-10-22(21)30-3/h4-15H,16H2,1-3H3. The van der Waals surface area contributed by atoms with Crippen molar-refractivity contribution < 1.29 is 22.3 Å². The summed E-state index contributed by atoms with van der Waals surface area (Å²) in [6.45, 7) is 0.229. The minimum absolute atomic E-state index is 0.0465. The third-order valence-electron chi connectivity index (χ3n) is 4.84. The van der Waals surface area contributed by atoms with Gasteiger partial charge in [-0.1, -0.05) is 24.3 Å². The van der Waals surface area contributed by atoms with Gasteiger partial charge in [-0.2, -0.15) is 0 Å². The maximum atomic E-state index is 13.4. The summed E-state index contributed by atoms with van der Waals surface area (Å²) in [4.78, 5) is 14.2. The Morgan fingerprint density at radius 3 is 2.29 bits per heavy atom. The van der Waals surface area contributed by atoms with Crippen LogP contribution in [-0.2, 0) is 16.6 Å². The van der Waals surface area contributed by atoms with Gasteiger partial charge in [-0.05, 0) is 54.1 Å². The van der Waals surface area contributed by atoms with Crippen LogP contribution in [-0.4, -0.2) is 40.4 Å². The largest absolute Gasteiger partial charge is 0.495 e. The quantitative estimate of drug-likeness (QED) is 0.556. The van der Waals surface area contributed by atoms with Crippen molar-refractivity contribution in [1.29, 1.82) is 0 Å². The zero-order valence-corrected chi connectivity index (χ0v) is 18.3. The molecule has 0 N–H and O–H groups in total. The molecule has 8 heteroatoms. The number of methoxy groups -OCH3 is 1. The van der Waals surface area contributed by atoms with E-state index in [4.69, 9.17) is 4.74 Å². The van der Waals surface area contributed by atoms with E-state index in [9.17, 15) is 17.6 Å². The fraction of sp³-hybridized carbons (Fsp3) is 0.174. The number of carbonyl (C=O) groups is 1. The summed E-state index contributed by atoms with van der Waals surface area (Å²) >= 11 is 0. The number of ether oxygens (including phenoxy) is 1. The Kier molecular flexibility index (Phi) is 6.60. The molecule has 0 saturated heterocycles. The van der Waals surface area contributed by atoms with Gasteiger partial charge in [-0.15, -0.1) is 0 Å². The first-order valence-corrected chi connectivity index (χ1v) is 10.9. The second-order valence-corrected chi connectivity index (χ2v) is 8.93. The third kappa shape index (κ3) is 4.86. The van der Waals surface area contributed by atoms with Crippen LogP contribution in [0.25, 0.3) is 0 Å². The zero-order valence-electron chi connectivity index (χ0n) is 17.4. The SMILES string of the molecule is COc1ccccc1N(C)S(=O)(=O)c1ccc(C(=O)N(C)Cc2cccc(F)c2)cc1. The fourth-order valence-electron chi connectivity index (χ4n) is 3.15. The minimum Gasteiger partial charge on any atom is -0.495 e. The lowest BCUT2D eigenvalue weighted by Gasteiger charge is -2.22. The molecule has 0 fully saturated rings. The third-order valence-corrected chi connectivity index (χ3v) is 6.63. The maximum absolute atomic E-state index is 13.4. The van der Waals surface area contributed by atoms with Crippen LogP contribution in [0.1, 0.15) is 15.9 Å². The Hall–Kier alpha value is -3.39. The highest BCUT2D eigenvalue weighted by molar-refractivity contribution is 7.92. The maximum Gasteiger partial charge on any atom is 0.264 e. The second-order valence-electron chi connectivity index (χ2n) is 6.96. The van der Waals surface area contributed by atoms with Crippen LogP contribution >= 0.6 is 0 Å². The fourth-order valence-corrected chi connectivity index (χ4v) is 4.35. The summed E-state index contributed by atoms with van der Waals surface area (Å²) in [7, 11) is 0.666. The summed E-state index contributed by atoms with van der Waals surface area (Å²) in [5.41, 5.74) is 1.39. The number of benzene rings is 3. The molecule has 162 valence electrons. The molecular weight excluding hydrogens is 419 g/mol. The molecule has 0 heterocycles. The Morgan fingerprint density at radius 1 is 0.968 bits per heavy atom. The van der Waals surface area contributed by atoms with E-state index in [1.165, 1.54) is 55.5 Å². The highest BCUT2D eigenvalue weighted by atomic mass is 32.2. The molecule has 0 aliphatic carbocycles. The van der Waals surface area contributed by atoms with Gasteiger partial charge in [0.15, 0.2) is 0 Å². The molecule has 31 heavy (non-hydrogen) atoms. The van der Waals surface area contributed by atoms with Gasteiger partial charge in [0, 0.05) is 26.2 Å². The van der Waals surface area contributed by atoms with Crippen molar-refractivity contribution in [3.8, 4) is 5.75 Å². The number of carbonyl (C=O) groups excluding carboxylic acids is 1. The summed E-state index contributed by atoms with van der Waals surface area (Å²) in [6, 6.07) is 18.5. The number of halogens is 1. The smallest absolute Gasteiger partial charge is 0.264 e.